The van der Waals surface area contributed by atoms with Crippen LogP contribution in [0.5, 0.6) is 5.75 Å². The van der Waals surface area contributed by atoms with E-state index < -0.39 is 12.1 Å². The lowest BCUT2D eigenvalue weighted by atomic mass is 10.1. The summed E-state index contributed by atoms with van der Waals surface area (Å²) in [5, 5.41) is 47.9. The fourth-order valence-electron chi connectivity index (χ4n) is 2.27. The van der Waals surface area contributed by atoms with Gasteiger partial charge in [0.05, 0.1) is 25.9 Å². The van der Waals surface area contributed by atoms with Crippen molar-refractivity contribution in [1.29, 1.82) is 0 Å². The molecule has 0 aromatic heterocycles. The summed E-state index contributed by atoms with van der Waals surface area (Å²) in [7, 11) is 0. The largest absolute Gasteiger partial charge is 0.508 e. The van der Waals surface area contributed by atoms with Crippen LogP contribution >= 0.6 is 0 Å². The van der Waals surface area contributed by atoms with Gasteiger partial charge >= 0.3 is 0 Å². The Morgan fingerprint density at radius 1 is 1.15 bits per heavy atom. The Labute approximate surface area is 160 Å². The van der Waals surface area contributed by atoms with Gasteiger partial charge in [0.25, 0.3) is 5.97 Å². The second-order valence-corrected chi connectivity index (χ2v) is 6.04. The molecule has 0 amide bonds. The average molecular weight is 387 g/mol. The molecule has 0 saturated heterocycles. The summed E-state index contributed by atoms with van der Waals surface area (Å²) in [6.45, 7) is 3.29. The number of rotatable bonds is 13. The number of nitrogens with one attached hydrogen (secondary N) is 1. The molecule has 0 unspecified atom stereocenters. The molecule has 0 aliphatic heterocycles. The molecule has 0 saturated carbocycles. The van der Waals surface area contributed by atoms with Gasteiger partial charge in [0.2, 0.25) is 0 Å². The minimum absolute atomic E-state index is 0.0411. The molecular formula is C19H33NO7. The molecule has 0 heterocycles. The molecule has 0 aliphatic rings. The average Bonchev–Trinajstić information content (AvgIpc) is 2.63. The van der Waals surface area contributed by atoms with Crippen LogP contribution in [0.2, 0.25) is 0 Å². The number of hydrogen-bond acceptors (Lipinski definition) is 7. The fourth-order valence-corrected chi connectivity index (χ4v) is 2.27. The molecule has 6 N–H and O–H groups in total. The van der Waals surface area contributed by atoms with Crippen molar-refractivity contribution in [3.8, 4) is 5.75 Å². The van der Waals surface area contributed by atoms with Gasteiger partial charge in [-0.25, -0.2) is 0 Å². The number of benzene rings is 1. The Morgan fingerprint density at radius 2 is 1.81 bits per heavy atom. The summed E-state index contributed by atoms with van der Waals surface area (Å²) in [5.74, 6) is -0.792. The van der Waals surface area contributed by atoms with Crippen molar-refractivity contribution in [1.82, 2.24) is 5.32 Å². The van der Waals surface area contributed by atoms with Crippen LogP contribution in [0, 0.1) is 0 Å². The van der Waals surface area contributed by atoms with E-state index in [9.17, 15) is 10.2 Å². The fraction of sp³-hybridized carbons (Fsp3) is 0.632. The third-order valence-corrected chi connectivity index (χ3v) is 3.62. The summed E-state index contributed by atoms with van der Waals surface area (Å²) in [5.41, 5.74) is 1.10. The van der Waals surface area contributed by atoms with Crippen molar-refractivity contribution in [2.45, 2.75) is 45.3 Å². The van der Waals surface area contributed by atoms with Gasteiger partial charge in [-0.05, 0) is 37.1 Å². The van der Waals surface area contributed by atoms with E-state index in [1.54, 1.807) is 12.1 Å². The highest BCUT2D eigenvalue weighted by Gasteiger charge is 2.09. The first-order valence-electron chi connectivity index (χ1n) is 9.11. The van der Waals surface area contributed by atoms with Crippen LogP contribution in [0.25, 0.3) is 0 Å². The zero-order valence-electron chi connectivity index (χ0n) is 15.9. The van der Waals surface area contributed by atoms with Crippen LogP contribution in [-0.2, 0) is 16.1 Å². The van der Waals surface area contributed by atoms with Crippen molar-refractivity contribution in [3.63, 3.8) is 0 Å². The van der Waals surface area contributed by atoms with Gasteiger partial charge in [0, 0.05) is 25.6 Å². The maximum absolute atomic E-state index is 10.1. The molecule has 1 aromatic rings. The molecule has 156 valence electrons. The smallest absolute Gasteiger partial charge is 0.300 e. The van der Waals surface area contributed by atoms with Gasteiger partial charge < -0.3 is 35.6 Å². The van der Waals surface area contributed by atoms with Crippen molar-refractivity contribution in [2.24, 2.45) is 0 Å². The molecule has 0 radical (unpaired) electrons. The zero-order valence-corrected chi connectivity index (χ0v) is 15.9. The first-order chi connectivity index (χ1) is 12.9. The number of carboxylic acid groups (broad SMARTS) is 1. The molecule has 0 spiro atoms. The van der Waals surface area contributed by atoms with Crippen molar-refractivity contribution >= 4 is 5.97 Å². The molecule has 0 fully saturated rings. The normalized spacial score (nSPS) is 11.6. The number of aliphatic hydroxyl groups excluding tert-OH is 3. The molecule has 8 nitrogen and oxygen atoms in total. The number of carboxylic acids is 1. The summed E-state index contributed by atoms with van der Waals surface area (Å²) in [6.07, 6.45) is 3.56. The maximum atomic E-state index is 10.1. The number of phenols is 1. The van der Waals surface area contributed by atoms with Crippen molar-refractivity contribution in [3.05, 3.63) is 29.3 Å². The molecule has 1 aromatic carbocycles. The van der Waals surface area contributed by atoms with Gasteiger partial charge in [0.15, 0.2) is 0 Å². The predicted molar refractivity (Wildman–Crippen MR) is 102 cm³/mol. The first-order valence-corrected chi connectivity index (χ1v) is 9.11. The number of unbranched alkanes of at least 4 members (excludes halogenated alkanes) is 3. The highest BCUT2D eigenvalue weighted by molar-refractivity contribution is 5.62. The van der Waals surface area contributed by atoms with E-state index in [0.717, 1.165) is 39.2 Å². The van der Waals surface area contributed by atoms with E-state index in [1.165, 1.54) is 6.07 Å². The molecule has 0 bridgehead atoms. The van der Waals surface area contributed by atoms with E-state index >= 15 is 0 Å². The Balaban J connectivity index is 0.00000153. The minimum atomic E-state index is -0.833. The molecule has 8 heteroatoms. The Bertz CT molecular complexity index is 507. The van der Waals surface area contributed by atoms with Crippen LogP contribution < -0.4 is 5.32 Å². The van der Waals surface area contributed by atoms with Gasteiger partial charge in [0.1, 0.15) is 5.75 Å². The van der Waals surface area contributed by atoms with E-state index in [4.69, 9.17) is 24.9 Å². The van der Waals surface area contributed by atoms with Crippen LogP contribution in [0.1, 0.15) is 49.8 Å². The maximum Gasteiger partial charge on any atom is 0.300 e. The van der Waals surface area contributed by atoms with Crippen LogP contribution in [0.3, 0.4) is 0 Å². The molecule has 0 aliphatic carbocycles. The Hall–Kier alpha value is -1.71. The standard InChI is InChI=1S/C17H29NO5.C2H4O2/c19-8-10-23-9-4-2-1-3-7-18-12-17(22)14-5-6-16(21)15(11-14)13-20;1-2(3)4/h5-6,11,17-22H,1-4,7-10,12-13H2;1H3,(H,3,4)/t17-;/m0./s1. The van der Waals surface area contributed by atoms with Gasteiger partial charge in [-0.1, -0.05) is 18.9 Å². The second-order valence-electron chi connectivity index (χ2n) is 6.04. The van der Waals surface area contributed by atoms with E-state index in [0.29, 0.717) is 30.9 Å². The topological polar surface area (TPSA) is 139 Å². The lowest BCUT2D eigenvalue weighted by molar-refractivity contribution is -0.134. The lowest BCUT2D eigenvalue weighted by Gasteiger charge is -2.14. The SMILES string of the molecule is CC(=O)O.OCCOCCCCCCNC[C@H](O)c1ccc(O)c(CO)c1. The quantitative estimate of drug-likeness (QED) is 0.277. The lowest BCUT2D eigenvalue weighted by Crippen LogP contribution is -2.22. The van der Waals surface area contributed by atoms with Gasteiger partial charge in [-0.3, -0.25) is 4.79 Å². The van der Waals surface area contributed by atoms with Crippen LogP contribution in [0.4, 0.5) is 0 Å². The number of aliphatic hydroxyl groups is 3. The number of aliphatic carboxylic acids is 1. The second kappa shape index (κ2) is 16.5. The summed E-state index contributed by atoms with van der Waals surface area (Å²) in [4.78, 5) is 9.00. The van der Waals surface area contributed by atoms with Gasteiger partial charge in [-0.15, -0.1) is 0 Å². The summed E-state index contributed by atoms with van der Waals surface area (Å²) in [6, 6.07) is 4.77. The summed E-state index contributed by atoms with van der Waals surface area (Å²) < 4.78 is 5.18. The number of hydrogen-bond donors (Lipinski definition) is 6. The highest BCUT2D eigenvalue weighted by Crippen LogP contribution is 2.22. The van der Waals surface area contributed by atoms with Crippen LogP contribution in [-0.4, -0.2) is 64.4 Å². The van der Waals surface area contributed by atoms with Crippen molar-refractivity contribution < 1.29 is 35.1 Å². The molecule has 1 atom stereocenters. The molecule has 27 heavy (non-hydrogen) atoms. The number of ether oxygens (including phenoxy) is 1. The van der Waals surface area contributed by atoms with E-state index in [-0.39, 0.29) is 19.0 Å². The minimum Gasteiger partial charge on any atom is -0.508 e. The van der Waals surface area contributed by atoms with Crippen molar-refractivity contribution in [2.75, 3.05) is 32.9 Å². The monoisotopic (exact) mass is 387 g/mol. The summed E-state index contributed by atoms with van der Waals surface area (Å²) >= 11 is 0. The highest BCUT2D eigenvalue weighted by atomic mass is 16.5. The molecular weight excluding hydrogens is 354 g/mol. The Morgan fingerprint density at radius 3 is 2.44 bits per heavy atom. The third-order valence-electron chi connectivity index (χ3n) is 3.62. The van der Waals surface area contributed by atoms with Crippen LogP contribution in [0.15, 0.2) is 18.2 Å². The number of carbonyl (C=O) groups is 1. The third kappa shape index (κ3) is 14.1. The zero-order chi connectivity index (χ0) is 20.5. The first kappa shape index (κ1) is 25.3. The van der Waals surface area contributed by atoms with E-state index in [2.05, 4.69) is 5.32 Å². The van der Waals surface area contributed by atoms with Gasteiger partial charge in [-0.2, -0.15) is 0 Å². The number of aromatic hydroxyl groups is 1. The predicted octanol–water partition coefficient (Wildman–Crippen LogP) is 1.17. The molecule has 1 rings (SSSR count). The van der Waals surface area contributed by atoms with E-state index in [1.807, 2.05) is 0 Å². The Kier molecular flexibility index (Phi) is 15.4.